The van der Waals surface area contributed by atoms with E-state index in [1.807, 2.05) is 45.0 Å². The van der Waals surface area contributed by atoms with Crippen LogP contribution in [0.2, 0.25) is 0 Å². The van der Waals surface area contributed by atoms with Gasteiger partial charge in [-0.15, -0.1) is 0 Å². The lowest BCUT2D eigenvalue weighted by atomic mass is 9.99. The summed E-state index contributed by atoms with van der Waals surface area (Å²) in [6.07, 6.45) is 3.48. The Hall–Kier alpha value is -2.16. The number of nitrogens with zero attached hydrogens (tertiary/aromatic N) is 1. The largest absolute Gasteiger partial charge is 0.348 e. The van der Waals surface area contributed by atoms with Crippen molar-refractivity contribution in [3.05, 3.63) is 64.5 Å². The molecule has 0 aliphatic carbocycles. The molecule has 0 fully saturated rings. The number of nitrogens with one attached hydrogen (secondary N) is 1. The number of aryl methyl sites for hydroxylation is 3. The first-order valence-corrected chi connectivity index (χ1v) is 6.33. The lowest BCUT2D eigenvalue weighted by molar-refractivity contribution is 0.0949. The van der Waals surface area contributed by atoms with Gasteiger partial charge in [-0.2, -0.15) is 0 Å². The molecule has 0 saturated heterocycles. The summed E-state index contributed by atoms with van der Waals surface area (Å²) < 4.78 is 0. The fourth-order valence-corrected chi connectivity index (χ4v) is 2.31. The van der Waals surface area contributed by atoms with Crippen molar-refractivity contribution < 1.29 is 4.79 Å². The summed E-state index contributed by atoms with van der Waals surface area (Å²) in [6.45, 7) is 6.48. The summed E-state index contributed by atoms with van der Waals surface area (Å²) in [5, 5.41) is 2.94. The lowest BCUT2D eigenvalue weighted by Crippen LogP contribution is -2.24. The molecular formula is C16H18N2O. The maximum Gasteiger partial charge on any atom is 0.252 e. The molecule has 1 aromatic carbocycles. The van der Waals surface area contributed by atoms with Gasteiger partial charge in [0.05, 0.1) is 0 Å². The van der Waals surface area contributed by atoms with E-state index >= 15 is 0 Å². The minimum absolute atomic E-state index is 0.0288. The van der Waals surface area contributed by atoms with Gasteiger partial charge in [-0.1, -0.05) is 23.8 Å². The van der Waals surface area contributed by atoms with E-state index in [4.69, 9.17) is 0 Å². The zero-order valence-corrected chi connectivity index (χ0v) is 11.5. The molecule has 0 radical (unpaired) electrons. The maximum absolute atomic E-state index is 12.2. The molecule has 1 N–H and O–H groups in total. The molecule has 1 aromatic heterocycles. The Morgan fingerprint density at radius 3 is 2.47 bits per heavy atom. The van der Waals surface area contributed by atoms with Gasteiger partial charge >= 0.3 is 0 Å². The molecule has 1 heterocycles. The highest BCUT2D eigenvalue weighted by Gasteiger charge is 2.12. The summed E-state index contributed by atoms with van der Waals surface area (Å²) in [5.74, 6) is -0.0288. The van der Waals surface area contributed by atoms with Crippen LogP contribution in [0.3, 0.4) is 0 Å². The molecule has 0 spiro atoms. The van der Waals surface area contributed by atoms with Crippen LogP contribution in [-0.2, 0) is 6.54 Å². The molecule has 3 nitrogen and oxygen atoms in total. The first-order valence-electron chi connectivity index (χ1n) is 6.33. The van der Waals surface area contributed by atoms with Crippen LogP contribution < -0.4 is 5.32 Å². The standard InChI is InChI=1S/C16H18N2O/c1-11-7-12(2)15(13(3)8-11)16(19)18-10-14-5-4-6-17-9-14/h4-9H,10H2,1-3H3,(H,18,19). The van der Waals surface area contributed by atoms with E-state index in [9.17, 15) is 4.79 Å². The summed E-state index contributed by atoms with van der Waals surface area (Å²) in [4.78, 5) is 16.3. The fourth-order valence-electron chi connectivity index (χ4n) is 2.31. The number of rotatable bonds is 3. The van der Waals surface area contributed by atoms with Crippen LogP contribution in [0.15, 0.2) is 36.7 Å². The van der Waals surface area contributed by atoms with Gasteiger partial charge in [0.2, 0.25) is 0 Å². The Kier molecular flexibility index (Phi) is 3.95. The third-order valence-electron chi connectivity index (χ3n) is 3.08. The number of hydrogen-bond donors (Lipinski definition) is 1. The van der Waals surface area contributed by atoms with Crippen LogP contribution in [-0.4, -0.2) is 10.9 Å². The van der Waals surface area contributed by atoms with Crippen LogP contribution in [0.1, 0.15) is 32.6 Å². The van der Waals surface area contributed by atoms with Crippen molar-refractivity contribution in [3.8, 4) is 0 Å². The topological polar surface area (TPSA) is 42.0 Å². The van der Waals surface area contributed by atoms with Gasteiger partial charge in [0.15, 0.2) is 0 Å². The number of carbonyl (C=O) groups is 1. The predicted molar refractivity (Wildman–Crippen MR) is 76.1 cm³/mol. The molecular weight excluding hydrogens is 236 g/mol. The predicted octanol–water partition coefficient (Wildman–Crippen LogP) is 2.94. The van der Waals surface area contributed by atoms with E-state index < -0.39 is 0 Å². The molecule has 98 valence electrons. The van der Waals surface area contributed by atoms with Crippen molar-refractivity contribution in [2.45, 2.75) is 27.3 Å². The highest BCUT2D eigenvalue weighted by Crippen LogP contribution is 2.16. The molecule has 2 aromatic rings. The normalized spacial score (nSPS) is 10.3. The molecule has 0 saturated carbocycles. The van der Waals surface area contributed by atoms with Gasteiger partial charge in [0.25, 0.3) is 5.91 Å². The maximum atomic E-state index is 12.2. The molecule has 19 heavy (non-hydrogen) atoms. The van der Waals surface area contributed by atoms with Gasteiger partial charge in [-0.3, -0.25) is 9.78 Å². The van der Waals surface area contributed by atoms with E-state index in [1.165, 1.54) is 5.56 Å². The number of amides is 1. The third-order valence-corrected chi connectivity index (χ3v) is 3.08. The zero-order chi connectivity index (χ0) is 13.8. The van der Waals surface area contributed by atoms with Gasteiger partial charge in [0.1, 0.15) is 0 Å². The first-order chi connectivity index (χ1) is 9.08. The second kappa shape index (κ2) is 5.65. The van der Waals surface area contributed by atoms with Gasteiger partial charge in [0, 0.05) is 24.5 Å². The monoisotopic (exact) mass is 254 g/mol. The average molecular weight is 254 g/mol. The van der Waals surface area contributed by atoms with E-state index in [2.05, 4.69) is 10.3 Å². The molecule has 3 heteroatoms. The Morgan fingerprint density at radius 1 is 1.21 bits per heavy atom. The summed E-state index contributed by atoms with van der Waals surface area (Å²) in [7, 11) is 0. The van der Waals surface area contributed by atoms with Crippen molar-refractivity contribution in [2.75, 3.05) is 0 Å². The zero-order valence-electron chi connectivity index (χ0n) is 11.5. The Balaban J connectivity index is 2.13. The summed E-state index contributed by atoms with van der Waals surface area (Å²) >= 11 is 0. The van der Waals surface area contributed by atoms with Crippen molar-refractivity contribution in [2.24, 2.45) is 0 Å². The van der Waals surface area contributed by atoms with Crippen LogP contribution in [0.5, 0.6) is 0 Å². The van der Waals surface area contributed by atoms with E-state index in [0.717, 1.165) is 22.3 Å². The van der Waals surface area contributed by atoms with E-state index in [-0.39, 0.29) is 5.91 Å². The average Bonchev–Trinajstić information content (AvgIpc) is 2.36. The van der Waals surface area contributed by atoms with E-state index in [1.54, 1.807) is 12.4 Å². The number of aromatic nitrogens is 1. The molecule has 0 atom stereocenters. The number of carbonyl (C=O) groups excluding carboxylic acids is 1. The molecule has 0 aliphatic heterocycles. The Morgan fingerprint density at radius 2 is 1.89 bits per heavy atom. The van der Waals surface area contributed by atoms with Crippen molar-refractivity contribution in [1.82, 2.24) is 10.3 Å². The molecule has 0 bridgehead atoms. The number of pyridine rings is 1. The Bertz CT molecular complexity index is 568. The smallest absolute Gasteiger partial charge is 0.252 e. The summed E-state index contributed by atoms with van der Waals surface area (Å²) in [5.41, 5.74) is 4.98. The SMILES string of the molecule is Cc1cc(C)c(C(=O)NCc2cccnc2)c(C)c1. The van der Waals surface area contributed by atoms with Gasteiger partial charge < -0.3 is 5.32 Å². The minimum Gasteiger partial charge on any atom is -0.348 e. The van der Waals surface area contributed by atoms with Gasteiger partial charge in [-0.05, 0) is 43.5 Å². The van der Waals surface area contributed by atoms with Crippen LogP contribution in [0.25, 0.3) is 0 Å². The third kappa shape index (κ3) is 3.19. The highest BCUT2D eigenvalue weighted by molar-refractivity contribution is 5.97. The van der Waals surface area contributed by atoms with Crippen molar-refractivity contribution in [1.29, 1.82) is 0 Å². The molecule has 0 aliphatic rings. The van der Waals surface area contributed by atoms with Crippen LogP contribution >= 0.6 is 0 Å². The number of benzene rings is 1. The van der Waals surface area contributed by atoms with Crippen LogP contribution in [0, 0.1) is 20.8 Å². The fraction of sp³-hybridized carbons (Fsp3) is 0.250. The quantitative estimate of drug-likeness (QED) is 0.915. The Labute approximate surface area is 113 Å². The van der Waals surface area contributed by atoms with Crippen molar-refractivity contribution in [3.63, 3.8) is 0 Å². The molecule has 0 unspecified atom stereocenters. The summed E-state index contributed by atoms with van der Waals surface area (Å²) in [6, 6.07) is 7.88. The van der Waals surface area contributed by atoms with Gasteiger partial charge in [-0.25, -0.2) is 0 Å². The lowest BCUT2D eigenvalue weighted by Gasteiger charge is -2.11. The van der Waals surface area contributed by atoms with E-state index in [0.29, 0.717) is 6.54 Å². The highest BCUT2D eigenvalue weighted by atomic mass is 16.1. The second-order valence-electron chi connectivity index (χ2n) is 4.82. The molecule has 1 amide bonds. The second-order valence-corrected chi connectivity index (χ2v) is 4.82. The van der Waals surface area contributed by atoms with Crippen molar-refractivity contribution >= 4 is 5.91 Å². The number of hydrogen-bond acceptors (Lipinski definition) is 2. The van der Waals surface area contributed by atoms with Crippen LogP contribution in [0.4, 0.5) is 0 Å². The minimum atomic E-state index is -0.0288. The first kappa shape index (κ1) is 13.3. The molecule has 2 rings (SSSR count).